The molecule has 1 heterocycles. The van der Waals surface area contributed by atoms with Crippen molar-refractivity contribution >= 4 is 12.2 Å². The summed E-state index contributed by atoms with van der Waals surface area (Å²) in [5.74, 6) is 5.37. The van der Waals surface area contributed by atoms with Crippen molar-refractivity contribution in [2.75, 3.05) is 19.8 Å². The number of hydrogen-bond acceptors (Lipinski definition) is 6. The fourth-order valence-electron chi connectivity index (χ4n) is 1.73. The van der Waals surface area contributed by atoms with E-state index in [9.17, 15) is 4.79 Å². The number of carbonyl (C=O) groups is 1. The SMILES string of the molecule is CCOC(=O)c1cnn(/C=C/C(C)(C)CON)c1OCC(C)C. The molecule has 0 radical (unpaired) electrons. The molecule has 0 atom stereocenters. The quantitative estimate of drug-likeness (QED) is 0.554. The van der Waals surface area contributed by atoms with Crippen LogP contribution in [0, 0.1) is 11.3 Å². The van der Waals surface area contributed by atoms with Crippen molar-refractivity contribution in [3.8, 4) is 5.88 Å². The Kier molecular flexibility index (Phi) is 7.25. The maximum atomic E-state index is 12.0. The number of aromatic nitrogens is 2. The van der Waals surface area contributed by atoms with Gasteiger partial charge in [-0.2, -0.15) is 5.10 Å². The first-order valence-corrected chi connectivity index (χ1v) is 7.69. The Morgan fingerprint density at radius 1 is 1.48 bits per heavy atom. The second-order valence-electron chi connectivity index (χ2n) is 6.35. The molecule has 23 heavy (non-hydrogen) atoms. The average Bonchev–Trinajstić information content (AvgIpc) is 2.86. The van der Waals surface area contributed by atoms with Crippen molar-refractivity contribution in [3.63, 3.8) is 0 Å². The molecule has 0 unspecified atom stereocenters. The van der Waals surface area contributed by atoms with Gasteiger partial charge in [0.05, 0.1) is 26.0 Å². The Labute approximate surface area is 137 Å². The van der Waals surface area contributed by atoms with Gasteiger partial charge in [0.25, 0.3) is 0 Å². The maximum Gasteiger partial charge on any atom is 0.345 e. The third-order valence-electron chi connectivity index (χ3n) is 2.92. The van der Waals surface area contributed by atoms with E-state index in [4.69, 9.17) is 20.2 Å². The topological polar surface area (TPSA) is 88.6 Å². The van der Waals surface area contributed by atoms with Crippen LogP contribution in [0.4, 0.5) is 0 Å². The van der Waals surface area contributed by atoms with Crippen LogP contribution in [-0.2, 0) is 9.57 Å². The van der Waals surface area contributed by atoms with Crippen LogP contribution in [-0.4, -0.2) is 35.6 Å². The van der Waals surface area contributed by atoms with Gasteiger partial charge in [-0.15, -0.1) is 0 Å². The van der Waals surface area contributed by atoms with Crippen LogP contribution in [0.3, 0.4) is 0 Å². The molecular formula is C16H27N3O4. The molecule has 0 amide bonds. The number of carbonyl (C=O) groups excluding carboxylic acids is 1. The molecule has 1 aromatic rings. The van der Waals surface area contributed by atoms with Crippen molar-refractivity contribution in [1.29, 1.82) is 0 Å². The molecule has 0 fully saturated rings. The molecule has 7 nitrogen and oxygen atoms in total. The summed E-state index contributed by atoms with van der Waals surface area (Å²) in [6.45, 7) is 10.9. The van der Waals surface area contributed by atoms with Crippen LogP contribution in [0.1, 0.15) is 45.0 Å². The predicted molar refractivity (Wildman–Crippen MR) is 87.8 cm³/mol. The van der Waals surface area contributed by atoms with Gasteiger partial charge in [-0.3, -0.25) is 0 Å². The molecule has 0 saturated heterocycles. The predicted octanol–water partition coefficient (Wildman–Crippen LogP) is 2.48. The summed E-state index contributed by atoms with van der Waals surface area (Å²) in [5, 5.41) is 4.19. The van der Waals surface area contributed by atoms with E-state index in [1.54, 1.807) is 13.1 Å². The number of ether oxygens (including phenoxy) is 2. The number of rotatable bonds is 9. The maximum absolute atomic E-state index is 12.0. The zero-order valence-corrected chi connectivity index (χ0v) is 14.5. The number of hydrogen-bond donors (Lipinski definition) is 1. The van der Waals surface area contributed by atoms with Gasteiger partial charge in [0.1, 0.15) is 5.56 Å². The second kappa shape index (κ2) is 8.69. The van der Waals surface area contributed by atoms with Gasteiger partial charge in [0.15, 0.2) is 0 Å². The normalized spacial score (nSPS) is 12.1. The molecule has 0 spiro atoms. The Morgan fingerprint density at radius 2 is 2.17 bits per heavy atom. The number of nitrogens with zero attached hydrogens (tertiary/aromatic N) is 2. The fraction of sp³-hybridized carbons (Fsp3) is 0.625. The molecule has 7 heteroatoms. The Balaban J connectivity index is 3.06. The van der Waals surface area contributed by atoms with Crippen LogP contribution in [0.15, 0.2) is 12.3 Å². The third kappa shape index (κ3) is 6.03. The van der Waals surface area contributed by atoms with Crippen LogP contribution in [0.25, 0.3) is 6.20 Å². The van der Waals surface area contributed by atoms with E-state index in [1.807, 2.05) is 33.8 Å². The lowest BCUT2D eigenvalue weighted by atomic mass is 9.95. The van der Waals surface area contributed by atoms with E-state index >= 15 is 0 Å². The molecule has 1 aromatic heterocycles. The average molecular weight is 325 g/mol. The Morgan fingerprint density at radius 3 is 2.74 bits per heavy atom. The summed E-state index contributed by atoms with van der Waals surface area (Å²) < 4.78 is 12.3. The van der Waals surface area contributed by atoms with Gasteiger partial charge in [0.2, 0.25) is 5.88 Å². The van der Waals surface area contributed by atoms with Crippen molar-refractivity contribution in [2.45, 2.75) is 34.6 Å². The zero-order chi connectivity index (χ0) is 17.5. The number of esters is 1. The lowest BCUT2D eigenvalue weighted by Gasteiger charge is -2.18. The summed E-state index contributed by atoms with van der Waals surface area (Å²) in [6.07, 6.45) is 5.08. The summed E-state index contributed by atoms with van der Waals surface area (Å²) >= 11 is 0. The van der Waals surface area contributed by atoms with E-state index in [2.05, 4.69) is 5.10 Å². The molecular weight excluding hydrogens is 298 g/mol. The van der Waals surface area contributed by atoms with Gasteiger partial charge < -0.3 is 14.3 Å². The smallest absolute Gasteiger partial charge is 0.345 e. The highest BCUT2D eigenvalue weighted by atomic mass is 16.6. The highest BCUT2D eigenvalue weighted by molar-refractivity contribution is 5.91. The fourth-order valence-corrected chi connectivity index (χ4v) is 1.73. The molecule has 0 aliphatic heterocycles. The van der Waals surface area contributed by atoms with Gasteiger partial charge in [-0.05, 0) is 12.8 Å². The molecule has 2 N–H and O–H groups in total. The molecule has 0 aliphatic carbocycles. The lowest BCUT2D eigenvalue weighted by molar-refractivity contribution is 0.0520. The van der Waals surface area contributed by atoms with Crippen molar-refractivity contribution < 1.29 is 19.1 Å². The summed E-state index contributed by atoms with van der Waals surface area (Å²) in [7, 11) is 0. The van der Waals surface area contributed by atoms with Crippen LogP contribution < -0.4 is 10.6 Å². The van der Waals surface area contributed by atoms with Gasteiger partial charge >= 0.3 is 5.97 Å². The van der Waals surface area contributed by atoms with E-state index in [-0.39, 0.29) is 5.41 Å². The van der Waals surface area contributed by atoms with Crippen LogP contribution >= 0.6 is 0 Å². The molecule has 130 valence electrons. The standard InChI is InChI=1S/C16H27N3O4/c1-6-21-15(20)13-9-18-19(14(13)22-10-12(2)3)8-7-16(4,5)11-23-17/h7-9,12H,6,10-11,17H2,1-5H3/b8-7+. The minimum atomic E-state index is -0.449. The van der Waals surface area contributed by atoms with E-state index in [1.165, 1.54) is 10.9 Å². The molecule has 0 bridgehead atoms. The van der Waals surface area contributed by atoms with E-state index in [0.717, 1.165) is 0 Å². The summed E-state index contributed by atoms with van der Waals surface area (Å²) in [4.78, 5) is 16.7. The summed E-state index contributed by atoms with van der Waals surface area (Å²) in [5.41, 5.74) is 0.0325. The van der Waals surface area contributed by atoms with Crippen molar-refractivity contribution in [3.05, 3.63) is 17.8 Å². The van der Waals surface area contributed by atoms with Crippen LogP contribution in [0.5, 0.6) is 5.88 Å². The highest BCUT2D eigenvalue weighted by Gasteiger charge is 2.21. The minimum absolute atomic E-state index is 0.278. The minimum Gasteiger partial charge on any atom is -0.477 e. The first-order valence-electron chi connectivity index (χ1n) is 7.69. The molecule has 0 aromatic carbocycles. The lowest BCUT2D eigenvalue weighted by Crippen LogP contribution is -2.19. The zero-order valence-electron chi connectivity index (χ0n) is 14.5. The summed E-state index contributed by atoms with van der Waals surface area (Å²) in [6, 6.07) is 0. The Hall–Kier alpha value is -1.86. The highest BCUT2D eigenvalue weighted by Crippen LogP contribution is 2.23. The van der Waals surface area contributed by atoms with Gasteiger partial charge in [-0.25, -0.2) is 15.4 Å². The largest absolute Gasteiger partial charge is 0.477 e. The molecule has 1 rings (SSSR count). The first kappa shape index (κ1) is 19.2. The van der Waals surface area contributed by atoms with Crippen molar-refractivity contribution in [1.82, 2.24) is 9.78 Å². The van der Waals surface area contributed by atoms with E-state index in [0.29, 0.717) is 37.2 Å². The molecule has 0 aliphatic rings. The van der Waals surface area contributed by atoms with Gasteiger partial charge in [-0.1, -0.05) is 33.8 Å². The monoisotopic (exact) mass is 325 g/mol. The second-order valence-corrected chi connectivity index (χ2v) is 6.35. The van der Waals surface area contributed by atoms with E-state index < -0.39 is 5.97 Å². The third-order valence-corrected chi connectivity index (χ3v) is 2.92. The van der Waals surface area contributed by atoms with Crippen LogP contribution in [0.2, 0.25) is 0 Å². The van der Waals surface area contributed by atoms with Gasteiger partial charge in [0, 0.05) is 11.6 Å². The Bertz CT molecular complexity index is 535. The molecule has 0 saturated carbocycles. The van der Waals surface area contributed by atoms with Crippen molar-refractivity contribution in [2.24, 2.45) is 17.2 Å². The first-order chi connectivity index (χ1) is 10.8. The number of nitrogens with two attached hydrogens (primary N) is 1.